The zero-order chi connectivity index (χ0) is 30.6. The molecule has 12 heteroatoms. The van der Waals surface area contributed by atoms with Crippen molar-refractivity contribution in [3.63, 3.8) is 0 Å². The first-order valence-corrected chi connectivity index (χ1v) is 13.8. The Morgan fingerprint density at radius 3 is 2.45 bits per heavy atom. The number of amides is 4. The molecule has 0 saturated heterocycles. The van der Waals surface area contributed by atoms with Crippen molar-refractivity contribution >= 4 is 23.6 Å². The number of benzene rings is 2. The van der Waals surface area contributed by atoms with Crippen LogP contribution in [0.3, 0.4) is 0 Å². The van der Waals surface area contributed by atoms with E-state index in [-0.39, 0.29) is 44.0 Å². The summed E-state index contributed by atoms with van der Waals surface area (Å²) in [6, 6.07) is 9.21. The lowest BCUT2D eigenvalue weighted by molar-refractivity contribution is -0.140. The molecule has 1 aliphatic heterocycles. The van der Waals surface area contributed by atoms with Gasteiger partial charge in [-0.05, 0) is 49.1 Å². The van der Waals surface area contributed by atoms with Crippen LogP contribution in [-0.4, -0.2) is 82.1 Å². The number of nitrogens with one attached hydrogen (secondary N) is 3. The van der Waals surface area contributed by atoms with E-state index in [9.17, 15) is 19.2 Å². The first-order chi connectivity index (χ1) is 20.2. The molecule has 228 valence electrons. The Morgan fingerprint density at radius 1 is 1.00 bits per heavy atom. The van der Waals surface area contributed by atoms with Crippen LogP contribution in [0.25, 0.3) is 0 Å². The topological polar surface area (TPSA) is 145 Å². The fourth-order valence-corrected chi connectivity index (χ4v) is 4.47. The van der Waals surface area contributed by atoms with Gasteiger partial charge >= 0.3 is 0 Å². The van der Waals surface area contributed by atoms with E-state index in [0.717, 1.165) is 0 Å². The summed E-state index contributed by atoms with van der Waals surface area (Å²) in [5.74, 6) is -0.190. The number of ether oxygens (including phenoxy) is 4. The predicted molar refractivity (Wildman–Crippen MR) is 155 cm³/mol. The molecule has 0 spiro atoms. The Bertz CT molecular complexity index is 1270. The first kappa shape index (κ1) is 32.2. The summed E-state index contributed by atoms with van der Waals surface area (Å²) in [6.07, 6.45) is 1.10. The molecule has 2 aromatic rings. The Kier molecular flexibility index (Phi) is 12.0. The number of fused-ring (bicyclic) bond motifs is 3. The summed E-state index contributed by atoms with van der Waals surface area (Å²) in [5, 5.41) is 8.53. The molecule has 42 heavy (non-hydrogen) atoms. The van der Waals surface area contributed by atoms with Gasteiger partial charge in [0.1, 0.15) is 24.1 Å². The number of methoxy groups -OCH3 is 3. The van der Waals surface area contributed by atoms with Crippen LogP contribution < -0.4 is 30.2 Å². The third-order valence-corrected chi connectivity index (χ3v) is 6.76. The zero-order valence-corrected chi connectivity index (χ0v) is 24.8. The van der Waals surface area contributed by atoms with Gasteiger partial charge in [0, 0.05) is 25.8 Å². The highest BCUT2D eigenvalue weighted by atomic mass is 16.5. The van der Waals surface area contributed by atoms with E-state index < -0.39 is 17.9 Å². The van der Waals surface area contributed by atoms with Crippen molar-refractivity contribution in [2.75, 3.05) is 47.6 Å². The van der Waals surface area contributed by atoms with Crippen LogP contribution in [0.5, 0.6) is 23.0 Å². The normalized spacial score (nSPS) is 17.2. The Labute approximate surface area is 246 Å². The molecule has 1 aliphatic rings. The van der Waals surface area contributed by atoms with Gasteiger partial charge in [-0.25, -0.2) is 0 Å². The van der Waals surface area contributed by atoms with Crippen molar-refractivity contribution in [1.29, 1.82) is 0 Å². The monoisotopic (exact) mass is 584 g/mol. The second-order valence-corrected chi connectivity index (χ2v) is 10.1. The minimum absolute atomic E-state index is 0.0260. The van der Waals surface area contributed by atoms with Gasteiger partial charge in [-0.1, -0.05) is 19.9 Å². The second kappa shape index (κ2) is 15.6. The highest BCUT2D eigenvalue weighted by Crippen LogP contribution is 2.37. The number of rotatable bonds is 5. The van der Waals surface area contributed by atoms with Crippen molar-refractivity contribution in [3.05, 3.63) is 47.5 Å². The van der Waals surface area contributed by atoms with Gasteiger partial charge in [-0.15, -0.1) is 0 Å². The summed E-state index contributed by atoms with van der Waals surface area (Å²) in [4.78, 5) is 53.3. The van der Waals surface area contributed by atoms with E-state index >= 15 is 0 Å². The summed E-state index contributed by atoms with van der Waals surface area (Å²) < 4.78 is 22.2. The van der Waals surface area contributed by atoms with Crippen LogP contribution in [0.1, 0.15) is 42.6 Å². The molecule has 0 unspecified atom stereocenters. The highest BCUT2D eigenvalue weighted by Gasteiger charge is 2.27. The molecule has 3 rings (SSSR count). The van der Waals surface area contributed by atoms with E-state index in [2.05, 4.69) is 16.0 Å². The summed E-state index contributed by atoms with van der Waals surface area (Å²) in [5.41, 5.74) is 0.913. The number of carbonyl (C=O) groups excluding carboxylic acids is 4. The minimum Gasteiger partial charge on any atom is -0.496 e. The Hall–Kier alpha value is -4.32. The zero-order valence-electron chi connectivity index (χ0n) is 24.8. The maximum absolute atomic E-state index is 13.3. The van der Waals surface area contributed by atoms with Crippen LogP contribution in [0.2, 0.25) is 0 Å². The average Bonchev–Trinajstić information content (AvgIpc) is 2.97. The number of hydrogen-bond donors (Lipinski definition) is 3. The molecule has 0 radical (unpaired) electrons. The van der Waals surface area contributed by atoms with E-state index in [0.29, 0.717) is 53.5 Å². The summed E-state index contributed by atoms with van der Waals surface area (Å²) in [7, 11) is 4.41. The van der Waals surface area contributed by atoms with Crippen molar-refractivity contribution in [3.8, 4) is 23.0 Å². The molecular formula is C30H40N4O8. The van der Waals surface area contributed by atoms with Gasteiger partial charge in [-0.2, -0.15) is 0 Å². The van der Waals surface area contributed by atoms with Gasteiger partial charge in [0.15, 0.2) is 11.5 Å². The smallest absolute Gasteiger partial charge is 0.251 e. The minimum atomic E-state index is -0.853. The lowest BCUT2D eigenvalue weighted by Gasteiger charge is -2.26. The molecule has 1 atom stereocenters. The molecule has 12 nitrogen and oxygen atoms in total. The fraction of sp³-hybridized carbons (Fsp3) is 0.467. The lowest BCUT2D eigenvalue weighted by Crippen LogP contribution is -2.52. The number of nitrogens with zero attached hydrogens (tertiary/aromatic N) is 1. The number of hydrogen-bond acceptors (Lipinski definition) is 8. The second-order valence-electron chi connectivity index (χ2n) is 10.1. The van der Waals surface area contributed by atoms with E-state index in [4.69, 9.17) is 18.9 Å². The molecule has 3 N–H and O–H groups in total. The van der Waals surface area contributed by atoms with Gasteiger partial charge in [0.2, 0.25) is 17.7 Å². The van der Waals surface area contributed by atoms with Crippen LogP contribution in [0.4, 0.5) is 0 Å². The third-order valence-electron chi connectivity index (χ3n) is 6.76. The number of carbonyl (C=O) groups is 4. The fourth-order valence-electron chi connectivity index (χ4n) is 4.47. The van der Waals surface area contributed by atoms with Crippen LogP contribution in [0.15, 0.2) is 36.4 Å². The first-order valence-electron chi connectivity index (χ1n) is 13.8. The molecule has 0 saturated carbocycles. The van der Waals surface area contributed by atoms with Gasteiger partial charge in [0.25, 0.3) is 5.91 Å². The van der Waals surface area contributed by atoms with E-state index in [1.165, 1.54) is 26.2 Å². The van der Waals surface area contributed by atoms with Gasteiger partial charge in [-0.3, -0.25) is 19.2 Å². The molecule has 1 heterocycles. The highest BCUT2D eigenvalue weighted by molar-refractivity contribution is 5.95. The maximum atomic E-state index is 13.3. The summed E-state index contributed by atoms with van der Waals surface area (Å²) >= 11 is 0. The SMILES string of the molecule is COCC(=O)N1CCCCNC(=O)c2ccc(OC)c(c2)Oc2cccc(OC)c2CNC(=O)[C@@H](C(C)C)NC(=O)C1. The van der Waals surface area contributed by atoms with Gasteiger partial charge < -0.3 is 39.8 Å². The third kappa shape index (κ3) is 8.59. The molecule has 4 amide bonds. The van der Waals surface area contributed by atoms with Crippen LogP contribution >= 0.6 is 0 Å². The molecule has 2 aromatic carbocycles. The largest absolute Gasteiger partial charge is 0.496 e. The Morgan fingerprint density at radius 2 is 1.76 bits per heavy atom. The molecule has 0 aromatic heterocycles. The van der Waals surface area contributed by atoms with E-state index in [1.54, 1.807) is 36.4 Å². The Balaban J connectivity index is 1.98. The maximum Gasteiger partial charge on any atom is 0.251 e. The molecule has 0 fully saturated rings. The lowest BCUT2D eigenvalue weighted by atomic mass is 10.0. The molecular weight excluding hydrogens is 544 g/mol. The predicted octanol–water partition coefficient (Wildman–Crippen LogP) is 2.25. The standard InChI is InChI=1S/C30H40N4O8/c1-19(2)28-30(38)32-16-21-22(40-4)9-8-10-23(21)42-25-15-20(11-12-24(25)41-5)29(37)31-13-6-7-14-34(17-26(35)33-28)27(36)18-39-3/h8-12,15,19,28H,6-7,13-14,16-18H2,1-5H3,(H,31,37)(H,32,38)(H,33,35)/t28-/m1/s1. The van der Waals surface area contributed by atoms with Crippen LogP contribution in [-0.2, 0) is 25.7 Å². The van der Waals surface area contributed by atoms with Crippen molar-refractivity contribution < 1.29 is 38.1 Å². The van der Waals surface area contributed by atoms with Crippen molar-refractivity contribution in [2.45, 2.75) is 39.3 Å². The average molecular weight is 585 g/mol. The van der Waals surface area contributed by atoms with Gasteiger partial charge in [0.05, 0.1) is 32.9 Å². The summed E-state index contributed by atoms with van der Waals surface area (Å²) in [6.45, 7) is 3.89. The van der Waals surface area contributed by atoms with E-state index in [1.807, 2.05) is 13.8 Å². The molecule has 2 bridgehead atoms. The van der Waals surface area contributed by atoms with Crippen molar-refractivity contribution in [1.82, 2.24) is 20.9 Å². The van der Waals surface area contributed by atoms with Crippen LogP contribution in [0, 0.1) is 5.92 Å². The molecule has 0 aliphatic carbocycles. The van der Waals surface area contributed by atoms with Crippen molar-refractivity contribution in [2.24, 2.45) is 5.92 Å². The quantitative estimate of drug-likeness (QED) is 0.486.